The summed E-state index contributed by atoms with van der Waals surface area (Å²) in [5, 5.41) is 0. The quantitative estimate of drug-likeness (QED) is 0.769. The second-order valence-electron chi connectivity index (χ2n) is 9.29. The summed E-state index contributed by atoms with van der Waals surface area (Å²) in [5.74, 6) is 1.26. The predicted molar refractivity (Wildman–Crippen MR) is 106 cm³/mol. The summed E-state index contributed by atoms with van der Waals surface area (Å²) in [4.78, 5) is 22.9. The highest BCUT2D eigenvalue weighted by molar-refractivity contribution is 5.86. The highest BCUT2D eigenvalue weighted by atomic mass is 16.3. The Balaban J connectivity index is 1.43. The third-order valence-electron chi connectivity index (χ3n) is 6.89. The normalized spacial score (nSPS) is 28.3. The minimum absolute atomic E-state index is 0.163. The number of aromatic nitrogens is 2. The Bertz CT molecular complexity index is 839. The van der Waals surface area contributed by atoms with Crippen LogP contribution in [0.15, 0.2) is 35.5 Å². The van der Waals surface area contributed by atoms with Gasteiger partial charge in [0.25, 0.3) is 0 Å². The van der Waals surface area contributed by atoms with Crippen molar-refractivity contribution >= 4 is 5.91 Å². The number of likely N-dealkylation sites (tertiary alicyclic amines) is 2. The van der Waals surface area contributed by atoms with Gasteiger partial charge in [0.15, 0.2) is 0 Å². The van der Waals surface area contributed by atoms with Gasteiger partial charge in [-0.1, -0.05) is 0 Å². The van der Waals surface area contributed by atoms with Crippen LogP contribution in [0.1, 0.15) is 56.3 Å². The number of hydrogen-bond donors (Lipinski definition) is 0. The maximum absolute atomic E-state index is 13.6. The van der Waals surface area contributed by atoms with Crippen molar-refractivity contribution < 1.29 is 9.21 Å². The number of hydrogen-bond acceptors (Lipinski definition) is 4. The highest BCUT2D eigenvalue weighted by Crippen LogP contribution is 2.50. The van der Waals surface area contributed by atoms with Gasteiger partial charge in [-0.2, -0.15) is 0 Å². The van der Waals surface area contributed by atoms with E-state index < -0.39 is 0 Å². The van der Waals surface area contributed by atoms with Gasteiger partial charge in [0, 0.05) is 56.4 Å². The fourth-order valence-electron chi connectivity index (χ4n) is 5.07. The van der Waals surface area contributed by atoms with Crippen molar-refractivity contribution in [3.05, 3.63) is 42.4 Å². The van der Waals surface area contributed by atoms with Crippen LogP contribution in [-0.4, -0.2) is 51.4 Å². The number of carbonyl (C=O) groups excluding carboxylic acids is 1. The molecule has 0 radical (unpaired) electrons. The van der Waals surface area contributed by atoms with Crippen LogP contribution in [0, 0.1) is 11.3 Å². The third kappa shape index (κ3) is 3.08. The third-order valence-corrected chi connectivity index (χ3v) is 6.89. The molecule has 4 heterocycles. The number of nitrogens with zero attached hydrogens (tertiary/aromatic N) is 4. The van der Waals surface area contributed by atoms with Crippen molar-refractivity contribution in [2.45, 2.75) is 51.6 Å². The topological polar surface area (TPSA) is 54.5 Å². The summed E-state index contributed by atoms with van der Waals surface area (Å²) in [6, 6.07) is 2.40. The zero-order valence-electron chi connectivity index (χ0n) is 16.9. The van der Waals surface area contributed by atoms with Crippen molar-refractivity contribution in [2.75, 3.05) is 26.2 Å². The van der Waals surface area contributed by atoms with E-state index in [2.05, 4.69) is 34.4 Å². The molecule has 0 N–H and O–H groups in total. The molecule has 1 spiro atoms. The first-order chi connectivity index (χ1) is 13.5. The molecule has 3 aliphatic rings. The van der Waals surface area contributed by atoms with Crippen LogP contribution in [0.5, 0.6) is 0 Å². The van der Waals surface area contributed by atoms with Crippen molar-refractivity contribution in [1.82, 2.24) is 19.4 Å². The first kappa shape index (κ1) is 18.0. The molecule has 2 aliphatic heterocycles. The van der Waals surface area contributed by atoms with Gasteiger partial charge in [0.2, 0.25) is 5.91 Å². The zero-order valence-corrected chi connectivity index (χ0v) is 16.9. The lowest BCUT2D eigenvalue weighted by Gasteiger charge is -2.28. The van der Waals surface area contributed by atoms with Gasteiger partial charge in [-0.15, -0.1) is 0 Å². The molecule has 0 bridgehead atoms. The zero-order chi connectivity index (χ0) is 19.3. The van der Waals surface area contributed by atoms with Gasteiger partial charge in [-0.25, -0.2) is 4.98 Å². The van der Waals surface area contributed by atoms with Crippen LogP contribution < -0.4 is 0 Å². The van der Waals surface area contributed by atoms with Gasteiger partial charge in [0.05, 0.1) is 30.0 Å². The van der Waals surface area contributed by atoms with E-state index in [9.17, 15) is 4.79 Å². The van der Waals surface area contributed by atoms with Gasteiger partial charge in [0.1, 0.15) is 0 Å². The molecule has 0 aromatic carbocycles. The van der Waals surface area contributed by atoms with Gasteiger partial charge >= 0.3 is 0 Å². The molecular formula is C22H30N4O2. The summed E-state index contributed by atoms with van der Waals surface area (Å²) in [7, 11) is 0. The lowest BCUT2D eigenvalue weighted by Crippen LogP contribution is -2.40. The molecule has 2 aromatic heterocycles. The van der Waals surface area contributed by atoms with Crippen LogP contribution in [-0.2, 0) is 11.3 Å². The molecule has 6 heteroatoms. The van der Waals surface area contributed by atoms with Gasteiger partial charge < -0.3 is 13.9 Å². The predicted octanol–water partition coefficient (Wildman–Crippen LogP) is 3.29. The molecule has 150 valence electrons. The maximum Gasteiger partial charge on any atom is 0.230 e. The summed E-state index contributed by atoms with van der Waals surface area (Å²) in [5.41, 5.74) is 1.92. The Morgan fingerprint density at radius 1 is 1.36 bits per heavy atom. The molecule has 0 unspecified atom stereocenters. The summed E-state index contributed by atoms with van der Waals surface area (Å²) >= 11 is 0. The van der Waals surface area contributed by atoms with Crippen LogP contribution in [0.2, 0.25) is 0 Å². The molecule has 2 aromatic rings. The van der Waals surface area contributed by atoms with Crippen LogP contribution in [0.3, 0.4) is 0 Å². The molecule has 5 rings (SSSR count). The molecule has 3 fully saturated rings. The van der Waals surface area contributed by atoms with Gasteiger partial charge in [-0.05, 0) is 45.1 Å². The molecule has 6 nitrogen and oxygen atoms in total. The Morgan fingerprint density at radius 2 is 2.21 bits per heavy atom. The number of amides is 1. The molecular weight excluding hydrogens is 352 g/mol. The van der Waals surface area contributed by atoms with E-state index in [4.69, 9.17) is 9.40 Å². The molecule has 1 saturated carbocycles. The van der Waals surface area contributed by atoms with E-state index in [-0.39, 0.29) is 11.3 Å². The standard InChI is InChI=1S/C22H30N4O2/c1-16(2)26-12-20(23-15-26)19-11-24(9-18-5-8-28-13-18)14-22(19)6-7-25(21(22)27)10-17-3-4-17/h5,8,12-13,15-17,19H,3-4,6-7,9-11,14H2,1-2H3/t19-,22+/m0/s1. The number of furan rings is 1. The molecule has 1 amide bonds. The molecule has 2 saturated heterocycles. The average molecular weight is 383 g/mol. The Hall–Kier alpha value is -2.08. The van der Waals surface area contributed by atoms with Crippen molar-refractivity contribution in [1.29, 1.82) is 0 Å². The van der Waals surface area contributed by atoms with E-state index in [0.29, 0.717) is 11.9 Å². The summed E-state index contributed by atoms with van der Waals surface area (Å²) < 4.78 is 7.41. The first-order valence-corrected chi connectivity index (χ1v) is 10.6. The molecule has 28 heavy (non-hydrogen) atoms. The van der Waals surface area contributed by atoms with Crippen LogP contribution in [0.25, 0.3) is 0 Å². The van der Waals surface area contributed by atoms with E-state index >= 15 is 0 Å². The molecule has 2 atom stereocenters. The number of carbonyl (C=O) groups is 1. The number of imidazole rings is 1. The highest BCUT2D eigenvalue weighted by Gasteiger charge is 2.58. The number of rotatable bonds is 6. The van der Waals surface area contributed by atoms with Crippen molar-refractivity contribution in [3.63, 3.8) is 0 Å². The molecule has 1 aliphatic carbocycles. The van der Waals surface area contributed by atoms with E-state index in [1.807, 2.05) is 18.7 Å². The lowest BCUT2D eigenvalue weighted by atomic mass is 9.75. The minimum atomic E-state index is -0.325. The maximum atomic E-state index is 13.6. The summed E-state index contributed by atoms with van der Waals surface area (Å²) in [6.45, 7) is 8.71. The smallest absolute Gasteiger partial charge is 0.230 e. The lowest BCUT2D eigenvalue weighted by molar-refractivity contribution is -0.136. The minimum Gasteiger partial charge on any atom is -0.472 e. The van der Waals surface area contributed by atoms with E-state index in [1.54, 1.807) is 6.26 Å². The van der Waals surface area contributed by atoms with Crippen molar-refractivity contribution in [2.24, 2.45) is 11.3 Å². The Morgan fingerprint density at radius 3 is 2.89 bits per heavy atom. The van der Waals surface area contributed by atoms with Crippen LogP contribution in [0.4, 0.5) is 0 Å². The van der Waals surface area contributed by atoms with E-state index in [0.717, 1.165) is 50.8 Å². The average Bonchev–Trinajstić information content (AvgIpc) is 3.09. The second-order valence-corrected chi connectivity index (χ2v) is 9.29. The summed E-state index contributed by atoms with van der Waals surface area (Å²) in [6.07, 6.45) is 11.1. The Kier molecular flexibility index (Phi) is 4.34. The SMILES string of the molecule is CC(C)n1cnc([C@@H]2CN(Cc3ccoc3)C[C@]23CCN(CC2CC2)C3=O)c1. The van der Waals surface area contributed by atoms with Crippen LogP contribution >= 0.6 is 0 Å². The monoisotopic (exact) mass is 382 g/mol. The van der Waals surface area contributed by atoms with Gasteiger partial charge in [-0.3, -0.25) is 9.69 Å². The first-order valence-electron chi connectivity index (χ1n) is 10.6. The second kappa shape index (κ2) is 6.76. The van der Waals surface area contributed by atoms with E-state index in [1.165, 1.54) is 18.4 Å². The van der Waals surface area contributed by atoms with Crippen molar-refractivity contribution in [3.8, 4) is 0 Å². The fraction of sp³-hybridized carbons (Fsp3) is 0.636. The fourth-order valence-corrected chi connectivity index (χ4v) is 5.07. The Labute approximate surface area is 166 Å². The largest absolute Gasteiger partial charge is 0.472 e.